The number of rotatable bonds is 9. The minimum Gasteiger partial charge on any atom is -0.370 e. The number of amides is 4. The van der Waals surface area contributed by atoms with Gasteiger partial charge in [0, 0.05) is 24.5 Å². The fraction of sp³-hybridized carbons (Fsp3) is 0.273. The van der Waals surface area contributed by atoms with Gasteiger partial charge in [0.25, 0.3) is 0 Å². The average molecular weight is 475 g/mol. The molecule has 182 valence electrons. The predicted octanol–water partition coefficient (Wildman–Crippen LogP) is 3.68. The fourth-order valence-corrected chi connectivity index (χ4v) is 3.00. The van der Waals surface area contributed by atoms with Crippen LogP contribution in [0.25, 0.3) is 0 Å². The summed E-state index contributed by atoms with van der Waals surface area (Å²) >= 11 is 0. The van der Waals surface area contributed by atoms with Gasteiger partial charge in [-0.25, -0.2) is 18.4 Å². The Kier molecular flexibility index (Phi) is 9.74. The second kappa shape index (κ2) is 12.7. The molecule has 0 spiro atoms. The highest BCUT2D eigenvalue weighted by molar-refractivity contribution is 6.01. The highest BCUT2D eigenvalue weighted by atomic mass is 19.1. The van der Waals surface area contributed by atoms with E-state index in [-0.39, 0.29) is 13.1 Å². The maximum absolute atomic E-state index is 13.0. The van der Waals surface area contributed by atoms with E-state index in [1.807, 2.05) is 0 Å². The van der Waals surface area contributed by atoms with Gasteiger partial charge in [-0.1, -0.05) is 12.8 Å². The first-order valence-electron chi connectivity index (χ1n) is 10.5. The van der Waals surface area contributed by atoms with Crippen molar-refractivity contribution in [1.82, 2.24) is 9.80 Å². The first-order valence-corrected chi connectivity index (χ1v) is 10.5. The molecule has 0 aliphatic heterocycles. The van der Waals surface area contributed by atoms with Gasteiger partial charge in [-0.3, -0.25) is 20.6 Å². The summed E-state index contributed by atoms with van der Waals surface area (Å²) < 4.78 is 26.0. The van der Waals surface area contributed by atoms with Crippen molar-refractivity contribution in [3.63, 3.8) is 0 Å². The minimum atomic E-state index is -0.598. The first kappa shape index (κ1) is 26.0. The molecule has 10 nitrogen and oxygen atoms in total. The van der Waals surface area contributed by atoms with Crippen molar-refractivity contribution in [3.8, 4) is 0 Å². The molecule has 0 fully saturated rings. The number of guanidine groups is 2. The number of nitrogens with zero attached hydrogens (tertiary/aromatic N) is 2. The number of halogens is 2. The Hall–Kier alpha value is -4.22. The second-order valence-electron chi connectivity index (χ2n) is 7.36. The summed E-state index contributed by atoms with van der Waals surface area (Å²) in [5.74, 6) is -1.70. The van der Waals surface area contributed by atoms with Crippen LogP contribution in [0.4, 0.5) is 29.7 Å². The van der Waals surface area contributed by atoms with Crippen molar-refractivity contribution in [1.29, 1.82) is 10.8 Å². The molecule has 2 aromatic carbocycles. The van der Waals surface area contributed by atoms with Gasteiger partial charge in [-0.05, 0) is 61.4 Å². The van der Waals surface area contributed by atoms with E-state index in [1.165, 1.54) is 48.5 Å². The van der Waals surface area contributed by atoms with Crippen molar-refractivity contribution in [2.75, 3.05) is 23.7 Å². The van der Waals surface area contributed by atoms with E-state index in [1.54, 1.807) is 0 Å². The molecule has 0 atom stereocenters. The van der Waals surface area contributed by atoms with Crippen LogP contribution in [0.15, 0.2) is 48.5 Å². The zero-order valence-electron chi connectivity index (χ0n) is 18.5. The lowest BCUT2D eigenvalue weighted by molar-refractivity contribution is 0.230. The Morgan fingerprint density at radius 2 is 1.00 bits per heavy atom. The molecule has 4 amide bonds. The molecule has 0 unspecified atom stereocenters. The second-order valence-corrected chi connectivity index (χ2v) is 7.36. The molecule has 0 radical (unpaired) electrons. The van der Waals surface area contributed by atoms with Gasteiger partial charge >= 0.3 is 12.1 Å². The zero-order valence-corrected chi connectivity index (χ0v) is 18.5. The molecule has 0 saturated heterocycles. The summed E-state index contributed by atoms with van der Waals surface area (Å²) in [5, 5.41) is 20.4. The molecule has 0 aliphatic rings. The number of benzene rings is 2. The molecule has 0 aliphatic carbocycles. The Labute approximate surface area is 195 Å². The van der Waals surface area contributed by atoms with Crippen LogP contribution in [0.2, 0.25) is 0 Å². The minimum absolute atomic E-state index is 0.198. The van der Waals surface area contributed by atoms with E-state index < -0.39 is 35.6 Å². The summed E-state index contributed by atoms with van der Waals surface area (Å²) in [5.41, 5.74) is 11.8. The summed E-state index contributed by atoms with van der Waals surface area (Å²) in [6.07, 6.45) is 2.41. The van der Waals surface area contributed by atoms with Crippen LogP contribution in [0.3, 0.4) is 0 Å². The summed E-state index contributed by atoms with van der Waals surface area (Å²) in [6, 6.07) is 9.23. The van der Waals surface area contributed by atoms with Crippen LogP contribution in [0.5, 0.6) is 0 Å². The molecule has 0 aromatic heterocycles. The summed E-state index contributed by atoms with van der Waals surface area (Å²) in [6.45, 7) is 0.397. The lowest BCUT2D eigenvalue weighted by Crippen LogP contribution is -2.44. The van der Waals surface area contributed by atoms with Crippen molar-refractivity contribution in [3.05, 3.63) is 60.2 Å². The van der Waals surface area contributed by atoms with E-state index >= 15 is 0 Å². The third-order valence-electron chi connectivity index (χ3n) is 4.78. The quantitative estimate of drug-likeness (QED) is 0.186. The standard InChI is InChI=1S/C22H28F2N8O2/c23-15-5-9-17(10-6-15)29-21(33)31(19(25)26)13-3-1-2-4-14-32(20(27)28)22(34)30-18-11-7-16(24)8-12-18/h5-12H,1-4,13-14H2,(H3,25,26)(H3,27,28)(H,29,33)(H,30,34). The van der Waals surface area contributed by atoms with E-state index in [0.717, 1.165) is 9.80 Å². The fourth-order valence-electron chi connectivity index (χ4n) is 3.00. The maximum atomic E-state index is 13.0. The van der Waals surface area contributed by atoms with Gasteiger partial charge in [0.05, 0.1) is 0 Å². The largest absolute Gasteiger partial charge is 0.370 e. The zero-order chi connectivity index (χ0) is 25.1. The smallest absolute Gasteiger partial charge is 0.328 e. The molecular weight excluding hydrogens is 446 g/mol. The van der Waals surface area contributed by atoms with Gasteiger partial charge < -0.3 is 22.1 Å². The average Bonchev–Trinajstić information content (AvgIpc) is 2.78. The van der Waals surface area contributed by atoms with Crippen LogP contribution in [-0.2, 0) is 0 Å². The summed E-state index contributed by atoms with van der Waals surface area (Å²) in [4.78, 5) is 26.9. The molecule has 2 aromatic rings. The molecule has 0 heterocycles. The van der Waals surface area contributed by atoms with Crippen molar-refractivity contribution < 1.29 is 18.4 Å². The number of nitrogens with two attached hydrogens (primary N) is 2. The number of hydrogen-bond acceptors (Lipinski definition) is 4. The molecule has 8 N–H and O–H groups in total. The number of anilines is 2. The number of hydrogen-bond donors (Lipinski definition) is 6. The topological polar surface area (TPSA) is 164 Å². The first-order chi connectivity index (χ1) is 16.2. The third kappa shape index (κ3) is 8.37. The van der Waals surface area contributed by atoms with Crippen LogP contribution < -0.4 is 22.1 Å². The van der Waals surface area contributed by atoms with Crippen molar-refractivity contribution in [2.45, 2.75) is 25.7 Å². The molecular formula is C22H28F2N8O2. The highest BCUT2D eigenvalue weighted by Crippen LogP contribution is 2.12. The van der Waals surface area contributed by atoms with Gasteiger partial charge in [0.1, 0.15) is 11.6 Å². The van der Waals surface area contributed by atoms with Crippen LogP contribution in [-0.4, -0.2) is 46.9 Å². The maximum Gasteiger partial charge on any atom is 0.328 e. The van der Waals surface area contributed by atoms with E-state index in [2.05, 4.69) is 10.6 Å². The van der Waals surface area contributed by atoms with Crippen LogP contribution in [0, 0.1) is 22.5 Å². The van der Waals surface area contributed by atoms with E-state index in [4.69, 9.17) is 22.3 Å². The number of urea groups is 2. The third-order valence-corrected chi connectivity index (χ3v) is 4.78. The number of carbonyl (C=O) groups excluding carboxylic acids is 2. The molecule has 0 bridgehead atoms. The molecule has 2 rings (SSSR count). The van der Waals surface area contributed by atoms with E-state index in [0.29, 0.717) is 37.1 Å². The number of nitrogens with one attached hydrogen (secondary N) is 4. The van der Waals surface area contributed by atoms with Crippen LogP contribution >= 0.6 is 0 Å². The monoisotopic (exact) mass is 474 g/mol. The normalized spacial score (nSPS) is 10.3. The highest BCUT2D eigenvalue weighted by Gasteiger charge is 2.18. The van der Waals surface area contributed by atoms with Gasteiger partial charge in [0.2, 0.25) is 0 Å². The van der Waals surface area contributed by atoms with Gasteiger partial charge in [-0.2, -0.15) is 0 Å². The molecule has 0 saturated carbocycles. The molecule has 34 heavy (non-hydrogen) atoms. The van der Waals surface area contributed by atoms with E-state index in [9.17, 15) is 18.4 Å². The Morgan fingerprint density at radius 1 is 0.676 bits per heavy atom. The Morgan fingerprint density at radius 3 is 1.29 bits per heavy atom. The lowest BCUT2D eigenvalue weighted by Gasteiger charge is -2.22. The van der Waals surface area contributed by atoms with Crippen molar-refractivity contribution >= 4 is 35.4 Å². The predicted molar refractivity (Wildman–Crippen MR) is 127 cm³/mol. The Bertz CT molecular complexity index is 917. The van der Waals surface area contributed by atoms with Crippen LogP contribution in [0.1, 0.15) is 25.7 Å². The Balaban J connectivity index is 1.75. The van der Waals surface area contributed by atoms with Crippen molar-refractivity contribution in [2.24, 2.45) is 11.5 Å². The summed E-state index contributed by atoms with van der Waals surface area (Å²) in [7, 11) is 0. The number of unbranched alkanes of at least 4 members (excludes halogenated alkanes) is 3. The SMILES string of the molecule is N=C(N)N(CCCCCCN(C(=N)N)C(=O)Nc1ccc(F)cc1)C(=O)Nc1ccc(F)cc1. The van der Waals surface area contributed by atoms with Gasteiger partial charge in [0.15, 0.2) is 11.9 Å². The van der Waals surface area contributed by atoms with Gasteiger partial charge in [-0.15, -0.1) is 0 Å². The lowest BCUT2D eigenvalue weighted by atomic mass is 10.2. The molecule has 12 heteroatoms. The number of carbonyl (C=O) groups is 2.